The Hall–Kier alpha value is -1.35. The van der Waals surface area contributed by atoms with Crippen LogP contribution >= 0.6 is 11.6 Å². The van der Waals surface area contributed by atoms with E-state index in [-0.39, 0.29) is 5.35 Å². The molecule has 0 bridgehead atoms. The molecular weight excluding hydrogens is 200 g/mol. The lowest BCUT2D eigenvalue weighted by Crippen LogP contribution is -1.84. The van der Waals surface area contributed by atoms with Gasteiger partial charge in [0.05, 0.1) is 0 Å². The molecule has 14 heavy (non-hydrogen) atoms. The van der Waals surface area contributed by atoms with Crippen LogP contribution in [-0.2, 0) is 0 Å². The van der Waals surface area contributed by atoms with Crippen LogP contribution in [0.2, 0.25) is 5.35 Å². The predicted molar refractivity (Wildman–Crippen MR) is 54.2 cm³/mol. The summed E-state index contributed by atoms with van der Waals surface area (Å²) < 4.78 is 5.15. The number of aromatic nitrogens is 2. The predicted octanol–water partition coefficient (Wildman–Crippen LogP) is 3.01. The molecule has 0 N–H and O–H groups in total. The second kappa shape index (κ2) is 3.42. The standard InChI is InChI=1S/C10H9ClN2O/c1-6-3-4-7(2)8(5-6)9-12-13-10(11)14-9/h3-5H,1-2H3. The fraction of sp³-hybridized carbons (Fsp3) is 0.200. The van der Waals surface area contributed by atoms with E-state index in [2.05, 4.69) is 10.2 Å². The van der Waals surface area contributed by atoms with E-state index in [1.165, 1.54) is 0 Å². The third-order valence-electron chi connectivity index (χ3n) is 2.02. The van der Waals surface area contributed by atoms with E-state index in [1.54, 1.807) is 0 Å². The maximum absolute atomic E-state index is 5.56. The summed E-state index contributed by atoms with van der Waals surface area (Å²) in [6.07, 6.45) is 0. The second-order valence-electron chi connectivity index (χ2n) is 3.18. The molecule has 0 unspecified atom stereocenters. The molecule has 0 aliphatic carbocycles. The van der Waals surface area contributed by atoms with E-state index < -0.39 is 0 Å². The Morgan fingerprint density at radius 2 is 2.00 bits per heavy atom. The molecule has 0 aliphatic rings. The van der Waals surface area contributed by atoms with Gasteiger partial charge in [-0.05, 0) is 37.1 Å². The zero-order valence-corrected chi connectivity index (χ0v) is 8.67. The average Bonchev–Trinajstić information content (AvgIpc) is 2.56. The van der Waals surface area contributed by atoms with Crippen molar-refractivity contribution in [3.05, 3.63) is 34.7 Å². The number of hydrogen-bond donors (Lipinski definition) is 0. The van der Waals surface area contributed by atoms with Crippen LogP contribution in [0.4, 0.5) is 0 Å². The molecule has 72 valence electrons. The van der Waals surface area contributed by atoms with Crippen molar-refractivity contribution in [2.24, 2.45) is 0 Å². The Morgan fingerprint density at radius 1 is 1.21 bits per heavy atom. The number of benzene rings is 1. The van der Waals surface area contributed by atoms with Gasteiger partial charge in [0.15, 0.2) is 0 Å². The summed E-state index contributed by atoms with van der Waals surface area (Å²) in [7, 11) is 0. The van der Waals surface area contributed by atoms with Gasteiger partial charge < -0.3 is 4.42 Å². The van der Waals surface area contributed by atoms with Crippen molar-refractivity contribution in [2.75, 3.05) is 0 Å². The van der Waals surface area contributed by atoms with Gasteiger partial charge in [-0.2, -0.15) is 0 Å². The van der Waals surface area contributed by atoms with Crippen LogP contribution in [0.15, 0.2) is 22.6 Å². The minimum absolute atomic E-state index is 0.0703. The summed E-state index contributed by atoms with van der Waals surface area (Å²) in [5.41, 5.74) is 3.18. The largest absolute Gasteiger partial charge is 0.407 e. The smallest absolute Gasteiger partial charge is 0.313 e. The Kier molecular flexibility index (Phi) is 2.25. The topological polar surface area (TPSA) is 38.9 Å². The van der Waals surface area contributed by atoms with Crippen molar-refractivity contribution in [2.45, 2.75) is 13.8 Å². The lowest BCUT2D eigenvalue weighted by molar-refractivity contribution is 0.570. The highest BCUT2D eigenvalue weighted by Gasteiger charge is 2.09. The van der Waals surface area contributed by atoms with Crippen molar-refractivity contribution in [3.63, 3.8) is 0 Å². The van der Waals surface area contributed by atoms with Crippen LogP contribution < -0.4 is 0 Å². The van der Waals surface area contributed by atoms with E-state index in [4.69, 9.17) is 16.0 Å². The Balaban J connectivity index is 2.55. The zero-order chi connectivity index (χ0) is 10.1. The molecule has 1 aromatic carbocycles. The van der Waals surface area contributed by atoms with Gasteiger partial charge in [-0.1, -0.05) is 22.8 Å². The molecule has 1 aromatic heterocycles. The highest BCUT2D eigenvalue weighted by molar-refractivity contribution is 6.27. The van der Waals surface area contributed by atoms with Crippen LogP contribution in [0.3, 0.4) is 0 Å². The molecule has 3 nitrogen and oxygen atoms in total. The van der Waals surface area contributed by atoms with Gasteiger partial charge in [0.2, 0.25) is 5.89 Å². The molecule has 4 heteroatoms. The fourth-order valence-corrected chi connectivity index (χ4v) is 1.39. The van der Waals surface area contributed by atoms with E-state index in [0.717, 1.165) is 16.7 Å². The number of nitrogens with zero attached hydrogens (tertiary/aromatic N) is 2. The van der Waals surface area contributed by atoms with Crippen molar-refractivity contribution in [3.8, 4) is 11.5 Å². The van der Waals surface area contributed by atoms with E-state index in [0.29, 0.717) is 5.89 Å². The first-order valence-corrected chi connectivity index (χ1v) is 4.61. The van der Waals surface area contributed by atoms with Gasteiger partial charge in [-0.3, -0.25) is 0 Å². The fourth-order valence-electron chi connectivity index (χ4n) is 1.28. The monoisotopic (exact) mass is 208 g/mol. The molecule has 0 saturated carbocycles. The third kappa shape index (κ3) is 1.63. The summed E-state index contributed by atoms with van der Waals surface area (Å²) in [5, 5.41) is 7.52. The minimum Gasteiger partial charge on any atom is -0.407 e. The zero-order valence-electron chi connectivity index (χ0n) is 7.91. The first-order valence-electron chi connectivity index (χ1n) is 4.23. The first-order chi connectivity index (χ1) is 6.66. The first kappa shape index (κ1) is 9.21. The highest BCUT2D eigenvalue weighted by Crippen LogP contribution is 2.24. The van der Waals surface area contributed by atoms with Crippen molar-refractivity contribution in [1.82, 2.24) is 10.2 Å². The van der Waals surface area contributed by atoms with E-state index in [1.807, 2.05) is 32.0 Å². The van der Waals surface area contributed by atoms with Gasteiger partial charge in [0.1, 0.15) is 0 Å². The molecule has 0 spiro atoms. The lowest BCUT2D eigenvalue weighted by Gasteiger charge is -2.01. The molecule has 0 atom stereocenters. The lowest BCUT2D eigenvalue weighted by atomic mass is 10.1. The quantitative estimate of drug-likeness (QED) is 0.723. The average molecular weight is 209 g/mol. The van der Waals surface area contributed by atoms with Gasteiger partial charge in [0, 0.05) is 5.56 Å². The van der Waals surface area contributed by atoms with E-state index >= 15 is 0 Å². The highest BCUT2D eigenvalue weighted by atomic mass is 35.5. The number of halogens is 1. The summed E-state index contributed by atoms with van der Waals surface area (Å²) in [4.78, 5) is 0. The third-order valence-corrected chi connectivity index (χ3v) is 2.18. The molecular formula is C10H9ClN2O. The van der Waals surface area contributed by atoms with Crippen molar-refractivity contribution >= 4 is 11.6 Å². The van der Waals surface area contributed by atoms with Crippen molar-refractivity contribution < 1.29 is 4.42 Å². The summed E-state index contributed by atoms with van der Waals surface area (Å²) >= 11 is 5.56. The second-order valence-corrected chi connectivity index (χ2v) is 3.50. The number of hydrogen-bond acceptors (Lipinski definition) is 3. The molecule has 2 aromatic rings. The van der Waals surface area contributed by atoms with Crippen LogP contribution in [0.5, 0.6) is 0 Å². The number of rotatable bonds is 1. The Labute approximate surface area is 86.7 Å². The van der Waals surface area contributed by atoms with Crippen LogP contribution in [-0.4, -0.2) is 10.2 Å². The van der Waals surface area contributed by atoms with Gasteiger partial charge in [0.25, 0.3) is 0 Å². The van der Waals surface area contributed by atoms with Gasteiger partial charge in [-0.25, -0.2) is 0 Å². The van der Waals surface area contributed by atoms with Gasteiger partial charge >= 0.3 is 5.35 Å². The summed E-state index contributed by atoms with van der Waals surface area (Å²) in [6.45, 7) is 4.01. The molecule has 0 aliphatic heterocycles. The molecule has 0 amide bonds. The normalized spacial score (nSPS) is 10.5. The molecule has 0 saturated heterocycles. The minimum atomic E-state index is 0.0703. The molecule has 1 heterocycles. The summed E-state index contributed by atoms with van der Waals surface area (Å²) in [5.74, 6) is 0.469. The van der Waals surface area contributed by atoms with Crippen LogP contribution in [0.1, 0.15) is 11.1 Å². The molecule has 0 fully saturated rings. The summed E-state index contributed by atoms with van der Waals surface area (Å²) in [6, 6.07) is 6.05. The molecule has 2 rings (SSSR count). The Bertz CT molecular complexity index is 465. The molecule has 0 radical (unpaired) electrons. The van der Waals surface area contributed by atoms with Crippen LogP contribution in [0, 0.1) is 13.8 Å². The van der Waals surface area contributed by atoms with Crippen molar-refractivity contribution in [1.29, 1.82) is 0 Å². The van der Waals surface area contributed by atoms with Crippen LogP contribution in [0.25, 0.3) is 11.5 Å². The van der Waals surface area contributed by atoms with E-state index in [9.17, 15) is 0 Å². The SMILES string of the molecule is Cc1ccc(C)c(-c2nnc(Cl)o2)c1. The number of aryl methyl sites for hydroxylation is 2. The Morgan fingerprint density at radius 3 is 2.64 bits per heavy atom. The maximum atomic E-state index is 5.56. The maximum Gasteiger partial charge on any atom is 0.313 e. The van der Waals surface area contributed by atoms with Gasteiger partial charge in [-0.15, -0.1) is 5.10 Å².